The molecule has 1 rings (SSSR count). The van der Waals surface area contributed by atoms with Crippen molar-refractivity contribution in [2.75, 3.05) is 6.54 Å². The van der Waals surface area contributed by atoms with E-state index >= 15 is 0 Å². The van der Waals surface area contributed by atoms with E-state index in [1.807, 2.05) is 0 Å². The van der Waals surface area contributed by atoms with Crippen LogP contribution >= 0.6 is 11.6 Å². The number of halogens is 2. The Balaban J connectivity index is 2.49. The number of benzene rings is 1. The maximum atomic E-state index is 13.1. The Kier molecular flexibility index (Phi) is 7.40. The van der Waals surface area contributed by atoms with Crippen LogP contribution in [0.15, 0.2) is 18.2 Å². The first-order valence-electron chi connectivity index (χ1n) is 7.26. The number of nitrogens with one attached hydrogen (secondary N) is 1. The Morgan fingerprint density at radius 3 is 2.63 bits per heavy atom. The van der Waals surface area contributed by atoms with Crippen LogP contribution < -0.4 is 5.32 Å². The van der Waals surface area contributed by atoms with Crippen LogP contribution in [-0.4, -0.2) is 6.54 Å². The van der Waals surface area contributed by atoms with Crippen LogP contribution in [0.4, 0.5) is 4.39 Å². The molecule has 0 amide bonds. The fraction of sp³-hybridized carbons (Fsp3) is 0.625. The first-order chi connectivity index (χ1) is 9.08. The highest BCUT2D eigenvalue weighted by molar-refractivity contribution is 6.30. The highest BCUT2D eigenvalue weighted by Gasteiger charge is 2.11. The molecule has 0 aromatic heterocycles. The Hall–Kier alpha value is -0.600. The van der Waals surface area contributed by atoms with Gasteiger partial charge < -0.3 is 5.32 Å². The van der Waals surface area contributed by atoms with Crippen LogP contribution in [0.5, 0.6) is 0 Å². The van der Waals surface area contributed by atoms with Crippen molar-refractivity contribution in [2.24, 2.45) is 5.92 Å². The molecule has 1 aromatic rings. The summed E-state index contributed by atoms with van der Waals surface area (Å²) in [7, 11) is 0. The SMILES string of the molecule is CCCCC(CC)CNC(C)c1ccc(F)c(Cl)c1. The maximum absolute atomic E-state index is 13.1. The number of hydrogen-bond donors (Lipinski definition) is 1. The Morgan fingerprint density at radius 2 is 2.05 bits per heavy atom. The van der Waals surface area contributed by atoms with Crippen molar-refractivity contribution in [3.05, 3.63) is 34.6 Å². The van der Waals surface area contributed by atoms with Crippen molar-refractivity contribution in [2.45, 2.75) is 52.5 Å². The summed E-state index contributed by atoms with van der Waals surface area (Å²) in [5, 5.41) is 3.72. The molecule has 0 aliphatic rings. The summed E-state index contributed by atoms with van der Waals surface area (Å²) < 4.78 is 13.1. The van der Waals surface area contributed by atoms with Gasteiger partial charge >= 0.3 is 0 Å². The van der Waals surface area contributed by atoms with E-state index in [4.69, 9.17) is 11.6 Å². The van der Waals surface area contributed by atoms with Gasteiger partial charge in [0.2, 0.25) is 0 Å². The Labute approximate surface area is 121 Å². The summed E-state index contributed by atoms with van der Waals surface area (Å²) >= 11 is 5.81. The molecule has 1 nitrogen and oxygen atoms in total. The maximum Gasteiger partial charge on any atom is 0.141 e. The zero-order valence-electron chi connectivity index (χ0n) is 12.2. The zero-order chi connectivity index (χ0) is 14.3. The van der Waals surface area contributed by atoms with E-state index < -0.39 is 0 Å². The van der Waals surface area contributed by atoms with E-state index in [9.17, 15) is 4.39 Å². The van der Waals surface area contributed by atoms with Crippen LogP contribution in [0.25, 0.3) is 0 Å². The van der Waals surface area contributed by atoms with Gasteiger partial charge in [-0.2, -0.15) is 0 Å². The fourth-order valence-corrected chi connectivity index (χ4v) is 2.38. The second kappa shape index (κ2) is 8.55. The van der Waals surface area contributed by atoms with Crippen LogP contribution in [-0.2, 0) is 0 Å². The largest absolute Gasteiger partial charge is 0.310 e. The second-order valence-corrected chi connectivity index (χ2v) is 5.63. The summed E-state index contributed by atoms with van der Waals surface area (Å²) in [6.07, 6.45) is 5.01. The van der Waals surface area contributed by atoms with Crippen molar-refractivity contribution in [1.82, 2.24) is 5.32 Å². The van der Waals surface area contributed by atoms with E-state index in [1.54, 1.807) is 12.1 Å². The molecule has 0 aliphatic carbocycles. The van der Waals surface area contributed by atoms with Gasteiger partial charge in [0, 0.05) is 6.04 Å². The van der Waals surface area contributed by atoms with Gasteiger partial charge in [0.15, 0.2) is 0 Å². The molecular weight excluding hydrogens is 261 g/mol. The van der Waals surface area contributed by atoms with E-state index in [0.29, 0.717) is 0 Å². The van der Waals surface area contributed by atoms with E-state index in [2.05, 4.69) is 26.1 Å². The van der Waals surface area contributed by atoms with Crippen LogP contribution in [0, 0.1) is 11.7 Å². The average Bonchev–Trinajstić information content (AvgIpc) is 2.41. The highest BCUT2D eigenvalue weighted by atomic mass is 35.5. The van der Waals surface area contributed by atoms with Crippen molar-refractivity contribution >= 4 is 11.6 Å². The van der Waals surface area contributed by atoms with Crippen molar-refractivity contribution in [3.63, 3.8) is 0 Å². The molecule has 0 heterocycles. The van der Waals surface area contributed by atoms with E-state index in [-0.39, 0.29) is 16.9 Å². The monoisotopic (exact) mass is 285 g/mol. The second-order valence-electron chi connectivity index (χ2n) is 5.22. The Bertz CT molecular complexity index is 381. The third-order valence-electron chi connectivity index (χ3n) is 3.70. The molecule has 2 atom stereocenters. The van der Waals surface area contributed by atoms with Crippen molar-refractivity contribution in [1.29, 1.82) is 0 Å². The molecule has 3 heteroatoms. The summed E-state index contributed by atoms with van der Waals surface area (Å²) in [6.45, 7) is 7.56. The van der Waals surface area contributed by atoms with Gasteiger partial charge in [0.05, 0.1) is 5.02 Å². The summed E-state index contributed by atoms with van der Waals surface area (Å²) in [5.74, 6) is 0.366. The minimum absolute atomic E-state index is 0.198. The molecule has 0 saturated heterocycles. The smallest absolute Gasteiger partial charge is 0.141 e. The highest BCUT2D eigenvalue weighted by Crippen LogP contribution is 2.21. The number of hydrogen-bond acceptors (Lipinski definition) is 1. The van der Waals surface area contributed by atoms with Gasteiger partial charge in [-0.05, 0) is 43.5 Å². The van der Waals surface area contributed by atoms with Crippen LogP contribution in [0.1, 0.15) is 58.1 Å². The standard InChI is InChI=1S/C16H25ClFN/c1-4-6-7-13(5-2)11-19-12(3)14-8-9-16(18)15(17)10-14/h8-10,12-13,19H,4-7,11H2,1-3H3. The van der Waals surface area contributed by atoms with Crippen LogP contribution in [0.2, 0.25) is 5.02 Å². The molecule has 0 aliphatic heterocycles. The molecule has 1 aromatic carbocycles. The van der Waals surface area contributed by atoms with E-state index in [1.165, 1.54) is 31.7 Å². The van der Waals surface area contributed by atoms with Crippen molar-refractivity contribution in [3.8, 4) is 0 Å². The lowest BCUT2D eigenvalue weighted by Gasteiger charge is -2.20. The lowest BCUT2D eigenvalue weighted by molar-refractivity contribution is 0.398. The molecule has 0 radical (unpaired) electrons. The minimum Gasteiger partial charge on any atom is -0.310 e. The lowest BCUT2D eigenvalue weighted by atomic mass is 9.98. The topological polar surface area (TPSA) is 12.0 Å². The van der Waals surface area contributed by atoms with Gasteiger partial charge in [0.1, 0.15) is 5.82 Å². The van der Waals surface area contributed by atoms with Gasteiger partial charge in [-0.15, -0.1) is 0 Å². The predicted molar refractivity (Wildman–Crippen MR) is 81.1 cm³/mol. The third-order valence-corrected chi connectivity index (χ3v) is 3.99. The van der Waals surface area contributed by atoms with Gasteiger partial charge in [0.25, 0.3) is 0 Å². The molecule has 0 bridgehead atoms. The van der Waals surface area contributed by atoms with Gasteiger partial charge in [-0.3, -0.25) is 0 Å². The van der Waals surface area contributed by atoms with Gasteiger partial charge in [-0.25, -0.2) is 4.39 Å². The normalized spacial score (nSPS) is 14.4. The van der Waals surface area contributed by atoms with Gasteiger partial charge in [-0.1, -0.05) is 50.8 Å². The lowest BCUT2D eigenvalue weighted by Crippen LogP contribution is -2.25. The quantitative estimate of drug-likeness (QED) is 0.679. The molecule has 1 N–H and O–H groups in total. The minimum atomic E-state index is -0.355. The summed E-state index contributed by atoms with van der Waals surface area (Å²) in [4.78, 5) is 0. The summed E-state index contributed by atoms with van der Waals surface area (Å²) in [6, 6.07) is 5.14. The molecule has 0 saturated carbocycles. The first kappa shape index (κ1) is 16.5. The molecule has 2 unspecified atom stereocenters. The fourth-order valence-electron chi connectivity index (χ4n) is 2.19. The molecule has 0 fully saturated rings. The summed E-state index contributed by atoms with van der Waals surface area (Å²) in [5.41, 5.74) is 1.04. The van der Waals surface area contributed by atoms with E-state index in [0.717, 1.165) is 18.0 Å². The molecule has 0 spiro atoms. The third kappa shape index (κ3) is 5.50. The molecular formula is C16H25ClFN. The molecule has 19 heavy (non-hydrogen) atoms. The van der Waals surface area contributed by atoms with Crippen LogP contribution in [0.3, 0.4) is 0 Å². The average molecular weight is 286 g/mol. The number of rotatable bonds is 8. The zero-order valence-corrected chi connectivity index (χ0v) is 12.9. The first-order valence-corrected chi connectivity index (χ1v) is 7.64. The number of unbranched alkanes of at least 4 members (excludes halogenated alkanes) is 1. The predicted octanol–water partition coefficient (Wildman–Crippen LogP) is 5.35. The van der Waals surface area contributed by atoms with Crippen molar-refractivity contribution < 1.29 is 4.39 Å². The Morgan fingerprint density at radius 1 is 1.32 bits per heavy atom. The molecule has 108 valence electrons.